The Kier molecular flexibility index (Phi) is 4.63. The second-order valence-electron chi connectivity index (χ2n) is 5.17. The molecule has 0 N–H and O–H groups in total. The molecule has 114 valence electrons. The number of thioether (sulfide) groups is 1. The quantitative estimate of drug-likeness (QED) is 0.631. The van der Waals surface area contributed by atoms with Gasteiger partial charge in [-0.1, -0.05) is 24.8 Å². The average molecular weight is 314 g/mol. The topological polar surface area (TPSA) is 41.9 Å². The normalized spacial score (nSPS) is 19.6. The summed E-state index contributed by atoms with van der Waals surface area (Å²) in [6.07, 6.45) is 5.95. The third kappa shape index (κ3) is 3.42. The summed E-state index contributed by atoms with van der Waals surface area (Å²) in [6, 6.07) is 7.66. The van der Waals surface area contributed by atoms with E-state index in [1.807, 2.05) is 30.3 Å². The Morgan fingerprint density at radius 1 is 1.27 bits per heavy atom. The van der Waals surface area contributed by atoms with E-state index in [4.69, 9.17) is 4.74 Å². The highest BCUT2D eigenvalue weighted by Gasteiger charge is 2.27. The van der Waals surface area contributed by atoms with Crippen molar-refractivity contribution < 1.29 is 9.53 Å². The highest BCUT2D eigenvalue weighted by atomic mass is 32.2. The van der Waals surface area contributed by atoms with Crippen molar-refractivity contribution in [2.45, 2.75) is 12.8 Å². The molecule has 2 aliphatic heterocycles. The van der Waals surface area contributed by atoms with Crippen LogP contribution in [0.2, 0.25) is 0 Å². The van der Waals surface area contributed by atoms with E-state index in [0.29, 0.717) is 11.5 Å². The number of carbonyl (C=O) groups excluding carboxylic acids is 1. The molecule has 5 heteroatoms. The molecule has 2 heterocycles. The lowest BCUT2D eigenvalue weighted by atomic mass is 10.2. The smallest absolute Gasteiger partial charge is 0.286 e. The van der Waals surface area contributed by atoms with Crippen LogP contribution in [-0.2, 0) is 4.79 Å². The van der Waals surface area contributed by atoms with Crippen molar-refractivity contribution in [3.8, 4) is 5.75 Å². The van der Waals surface area contributed by atoms with E-state index in [2.05, 4.69) is 16.5 Å². The van der Waals surface area contributed by atoms with E-state index in [9.17, 15) is 4.79 Å². The van der Waals surface area contributed by atoms with Crippen LogP contribution < -0.4 is 4.74 Å². The van der Waals surface area contributed by atoms with Crippen molar-refractivity contribution in [3.63, 3.8) is 0 Å². The number of amidine groups is 1. The zero-order valence-corrected chi connectivity index (χ0v) is 13.1. The fourth-order valence-corrected chi connectivity index (χ4v) is 3.37. The standard InChI is InChI=1S/C17H18N2O2S/c1-2-11-21-14-7-5-13(6-8-14)12-15-16(20)18-17(22-15)19-9-3-4-10-19/h2,5-8,12H,1,3-4,9-11H2. The minimum atomic E-state index is -0.140. The molecule has 1 fully saturated rings. The first-order chi connectivity index (χ1) is 10.8. The lowest BCUT2D eigenvalue weighted by molar-refractivity contribution is -0.113. The molecule has 0 radical (unpaired) electrons. The SMILES string of the molecule is C=CCOc1ccc(C=C2SC(N3CCCC3)=NC2=O)cc1. The van der Waals surface area contributed by atoms with Crippen LogP contribution in [0.25, 0.3) is 6.08 Å². The summed E-state index contributed by atoms with van der Waals surface area (Å²) < 4.78 is 5.45. The number of hydrogen-bond acceptors (Lipinski definition) is 4. The maximum Gasteiger partial charge on any atom is 0.286 e. The summed E-state index contributed by atoms with van der Waals surface area (Å²) in [5.41, 5.74) is 0.972. The Bertz CT molecular complexity index is 629. The van der Waals surface area contributed by atoms with Gasteiger partial charge in [-0.3, -0.25) is 4.79 Å². The maximum atomic E-state index is 12.0. The lowest BCUT2D eigenvalue weighted by Crippen LogP contribution is -2.23. The molecule has 0 aromatic heterocycles. The van der Waals surface area contributed by atoms with Crippen molar-refractivity contribution in [2.75, 3.05) is 19.7 Å². The monoisotopic (exact) mass is 314 g/mol. The zero-order valence-electron chi connectivity index (χ0n) is 12.3. The second-order valence-corrected chi connectivity index (χ2v) is 6.18. The summed E-state index contributed by atoms with van der Waals surface area (Å²) in [5, 5.41) is 0.847. The first kappa shape index (κ1) is 14.9. The number of likely N-dealkylation sites (tertiary alicyclic amines) is 1. The van der Waals surface area contributed by atoms with E-state index in [1.54, 1.807) is 6.08 Å². The highest BCUT2D eigenvalue weighted by molar-refractivity contribution is 8.18. The zero-order chi connectivity index (χ0) is 15.4. The molecule has 0 aliphatic carbocycles. The molecule has 0 unspecified atom stereocenters. The van der Waals surface area contributed by atoms with Gasteiger partial charge >= 0.3 is 0 Å². The van der Waals surface area contributed by atoms with Crippen LogP contribution in [-0.4, -0.2) is 35.7 Å². The van der Waals surface area contributed by atoms with Crippen molar-refractivity contribution >= 4 is 28.9 Å². The number of aliphatic imine (C=N–C) groups is 1. The van der Waals surface area contributed by atoms with Crippen LogP contribution in [0.15, 0.2) is 46.8 Å². The van der Waals surface area contributed by atoms with Crippen molar-refractivity contribution in [1.29, 1.82) is 0 Å². The number of carbonyl (C=O) groups is 1. The molecule has 3 rings (SSSR count). The number of hydrogen-bond donors (Lipinski definition) is 0. The molecule has 1 saturated heterocycles. The minimum Gasteiger partial charge on any atom is -0.490 e. The van der Waals surface area contributed by atoms with E-state index in [1.165, 1.54) is 24.6 Å². The van der Waals surface area contributed by atoms with Crippen LogP contribution in [0, 0.1) is 0 Å². The van der Waals surface area contributed by atoms with E-state index < -0.39 is 0 Å². The molecule has 1 aromatic carbocycles. The lowest BCUT2D eigenvalue weighted by Gasteiger charge is -2.14. The van der Waals surface area contributed by atoms with E-state index in [-0.39, 0.29) is 5.91 Å². The number of nitrogens with zero attached hydrogens (tertiary/aromatic N) is 2. The van der Waals surface area contributed by atoms with Gasteiger partial charge in [0, 0.05) is 13.1 Å². The number of amides is 1. The third-order valence-corrected chi connectivity index (χ3v) is 4.58. The first-order valence-electron chi connectivity index (χ1n) is 7.37. The maximum absolute atomic E-state index is 12.0. The molecular formula is C17H18N2O2S. The minimum absolute atomic E-state index is 0.140. The van der Waals surface area contributed by atoms with Crippen LogP contribution in [0.5, 0.6) is 5.75 Å². The molecular weight excluding hydrogens is 296 g/mol. The molecule has 0 atom stereocenters. The first-order valence-corrected chi connectivity index (χ1v) is 8.19. The predicted molar refractivity (Wildman–Crippen MR) is 91.0 cm³/mol. The molecule has 1 aromatic rings. The van der Waals surface area contributed by atoms with Crippen molar-refractivity contribution in [2.24, 2.45) is 4.99 Å². The Morgan fingerprint density at radius 3 is 2.68 bits per heavy atom. The predicted octanol–water partition coefficient (Wildman–Crippen LogP) is 3.32. The van der Waals surface area contributed by atoms with Gasteiger partial charge in [-0.25, -0.2) is 0 Å². The number of ether oxygens (including phenoxy) is 1. The molecule has 22 heavy (non-hydrogen) atoms. The summed E-state index contributed by atoms with van der Waals surface area (Å²) in [6.45, 7) is 6.11. The third-order valence-electron chi connectivity index (χ3n) is 3.53. The van der Waals surface area contributed by atoms with E-state index in [0.717, 1.165) is 29.6 Å². The van der Waals surface area contributed by atoms with Crippen LogP contribution in [0.4, 0.5) is 0 Å². The summed E-state index contributed by atoms with van der Waals surface area (Å²) in [5.74, 6) is 0.653. The Balaban J connectivity index is 1.67. The fourth-order valence-electron chi connectivity index (χ4n) is 2.41. The van der Waals surface area contributed by atoms with Crippen molar-refractivity contribution in [1.82, 2.24) is 4.90 Å². The van der Waals surface area contributed by atoms with Gasteiger partial charge < -0.3 is 9.64 Å². The van der Waals surface area contributed by atoms with Gasteiger partial charge in [0.2, 0.25) is 0 Å². The van der Waals surface area contributed by atoms with Crippen molar-refractivity contribution in [3.05, 3.63) is 47.4 Å². The Labute approximate surface area is 134 Å². The van der Waals surface area contributed by atoms with Gasteiger partial charge in [-0.05, 0) is 48.4 Å². The number of rotatable bonds is 4. The van der Waals surface area contributed by atoms with Crippen LogP contribution in [0.1, 0.15) is 18.4 Å². The fraction of sp³-hybridized carbons (Fsp3) is 0.294. The van der Waals surface area contributed by atoms with Gasteiger partial charge in [0.05, 0.1) is 4.91 Å². The van der Waals surface area contributed by atoms with E-state index >= 15 is 0 Å². The molecule has 0 bridgehead atoms. The molecule has 4 nitrogen and oxygen atoms in total. The van der Waals surface area contributed by atoms with Gasteiger partial charge in [0.25, 0.3) is 5.91 Å². The highest BCUT2D eigenvalue weighted by Crippen LogP contribution is 2.31. The Hall–Kier alpha value is -2.01. The van der Waals surface area contributed by atoms with Gasteiger partial charge in [0.1, 0.15) is 12.4 Å². The largest absolute Gasteiger partial charge is 0.490 e. The van der Waals surface area contributed by atoms with Crippen LogP contribution >= 0.6 is 11.8 Å². The molecule has 0 saturated carbocycles. The number of benzene rings is 1. The Morgan fingerprint density at radius 2 is 2.00 bits per heavy atom. The van der Waals surface area contributed by atoms with Gasteiger partial charge in [-0.2, -0.15) is 4.99 Å². The summed E-state index contributed by atoms with van der Waals surface area (Å²) in [7, 11) is 0. The summed E-state index contributed by atoms with van der Waals surface area (Å²) >= 11 is 1.47. The van der Waals surface area contributed by atoms with Gasteiger partial charge in [0.15, 0.2) is 5.17 Å². The molecule has 0 spiro atoms. The molecule has 2 aliphatic rings. The van der Waals surface area contributed by atoms with Crippen LogP contribution in [0.3, 0.4) is 0 Å². The molecule has 1 amide bonds. The second kappa shape index (κ2) is 6.83. The van der Waals surface area contributed by atoms with Gasteiger partial charge in [-0.15, -0.1) is 0 Å². The average Bonchev–Trinajstić information content (AvgIpc) is 3.17. The summed E-state index contributed by atoms with van der Waals surface area (Å²) in [4.78, 5) is 19.1.